The smallest absolute Gasteiger partial charge is 0.335 e. The molecule has 140 valence electrons. The third-order valence-electron chi connectivity index (χ3n) is 4.75. The molecule has 0 aromatic carbocycles. The maximum absolute atomic E-state index is 11.7. The molecule has 0 aliphatic carbocycles. The van der Waals surface area contributed by atoms with Gasteiger partial charge in [-0.15, -0.1) is 6.58 Å². The maximum atomic E-state index is 11.7. The summed E-state index contributed by atoms with van der Waals surface area (Å²) < 4.78 is 23.4. The molecule has 6 nitrogen and oxygen atoms in total. The van der Waals surface area contributed by atoms with Gasteiger partial charge in [0, 0.05) is 7.11 Å². The van der Waals surface area contributed by atoms with Gasteiger partial charge < -0.3 is 23.7 Å². The zero-order valence-electron chi connectivity index (χ0n) is 16.1. The largest absolute Gasteiger partial charge is 0.479 e. The van der Waals surface area contributed by atoms with Gasteiger partial charge in [0.25, 0.3) is 0 Å². The fourth-order valence-electron chi connectivity index (χ4n) is 2.45. The molecule has 0 saturated carbocycles. The first-order valence-electron chi connectivity index (χ1n) is 8.17. The number of carboxylic acids is 1. The first-order valence-corrected chi connectivity index (χ1v) is 11.1. The van der Waals surface area contributed by atoms with E-state index in [2.05, 4.69) is 40.4 Å². The highest BCUT2D eigenvalue weighted by atomic mass is 28.4. The van der Waals surface area contributed by atoms with Crippen molar-refractivity contribution in [3.8, 4) is 0 Å². The lowest BCUT2D eigenvalue weighted by atomic mass is 10.0. The molecule has 1 fully saturated rings. The van der Waals surface area contributed by atoms with Gasteiger partial charge in [-0.2, -0.15) is 0 Å². The summed E-state index contributed by atoms with van der Waals surface area (Å²) in [4.78, 5) is 11.7. The van der Waals surface area contributed by atoms with Crippen LogP contribution in [0.3, 0.4) is 0 Å². The van der Waals surface area contributed by atoms with E-state index in [1.807, 2.05) is 0 Å². The quantitative estimate of drug-likeness (QED) is 0.555. The number of methoxy groups -OCH3 is 1. The summed E-state index contributed by atoms with van der Waals surface area (Å²) in [6.45, 7) is 17.8. The number of carbonyl (C=O) groups is 1. The number of hydrogen-bond acceptors (Lipinski definition) is 5. The fraction of sp³-hybridized carbons (Fsp3) is 0.824. The minimum atomic E-state index is -2.26. The molecule has 1 N–H and O–H groups in total. The van der Waals surface area contributed by atoms with Crippen molar-refractivity contribution in [2.24, 2.45) is 0 Å². The van der Waals surface area contributed by atoms with Crippen molar-refractivity contribution in [3.05, 3.63) is 12.7 Å². The van der Waals surface area contributed by atoms with E-state index in [-0.39, 0.29) is 5.04 Å². The van der Waals surface area contributed by atoms with Crippen LogP contribution in [0.5, 0.6) is 0 Å². The highest BCUT2D eigenvalue weighted by molar-refractivity contribution is 6.74. The Labute approximate surface area is 146 Å². The molecule has 1 rings (SSSR count). The number of carboxylic acid groups (broad SMARTS) is 1. The zero-order chi connectivity index (χ0) is 18.9. The lowest BCUT2D eigenvalue weighted by Gasteiger charge is -2.42. The summed E-state index contributed by atoms with van der Waals surface area (Å²) in [6.07, 6.45) is -1.39. The summed E-state index contributed by atoms with van der Waals surface area (Å²) >= 11 is 0. The molecule has 0 unspecified atom stereocenters. The first-order chi connectivity index (χ1) is 10.8. The number of aliphatic carboxylic acids is 1. The van der Waals surface area contributed by atoms with Gasteiger partial charge in [0.1, 0.15) is 18.3 Å². The van der Waals surface area contributed by atoms with Crippen LogP contribution in [0.2, 0.25) is 18.1 Å². The second kappa shape index (κ2) is 7.25. The Balaban J connectivity index is 3.24. The van der Waals surface area contributed by atoms with E-state index in [1.165, 1.54) is 7.11 Å². The summed E-state index contributed by atoms with van der Waals surface area (Å²) in [7, 11) is -0.897. The van der Waals surface area contributed by atoms with Crippen LogP contribution in [0, 0.1) is 0 Å². The van der Waals surface area contributed by atoms with E-state index in [4.69, 9.17) is 18.6 Å². The lowest BCUT2D eigenvalue weighted by Crippen LogP contribution is -2.55. The van der Waals surface area contributed by atoms with E-state index in [1.54, 1.807) is 19.9 Å². The molecular formula is C17H32O6Si. The van der Waals surface area contributed by atoms with Crippen LogP contribution in [0.15, 0.2) is 12.7 Å². The molecule has 4 atom stereocenters. The van der Waals surface area contributed by atoms with E-state index in [0.29, 0.717) is 0 Å². The van der Waals surface area contributed by atoms with Crippen LogP contribution in [-0.2, 0) is 23.4 Å². The molecule has 1 heterocycles. The molecular weight excluding hydrogens is 328 g/mol. The molecule has 0 aromatic heterocycles. The number of hydrogen-bond donors (Lipinski definition) is 1. The summed E-state index contributed by atoms with van der Waals surface area (Å²) in [5.74, 6) is -1.92. The first kappa shape index (κ1) is 21.3. The van der Waals surface area contributed by atoms with Crippen molar-refractivity contribution in [1.82, 2.24) is 0 Å². The van der Waals surface area contributed by atoms with Gasteiger partial charge in [0.05, 0.1) is 0 Å². The fourth-order valence-corrected chi connectivity index (χ4v) is 3.74. The zero-order valence-corrected chi connectivity index (χ0v) is 17.1. The molecule has 0 spiro atoms. The Bertz CT molecular complexity index is 468. The van der Waals surface area contributed by atoms with Crippen molar-refractivity contribution in [1.29, 1.82) is 0 Å². The Morgan fingerprint density at radius 2 is 1.88 bits per heavy atom. The standard InChI is InChI=1S/C17H32O6Si/c1-10-11-12(22-17(5,6)21-11)13(14(20-7)15(18)19)23-24(8,9)16(2,3)4/h10-14H,1H2,2-9H3,(H,18,19)/t11-,12+,13-,14-/m1/s1. The normalized spacial score (nSPS) is 26.8. The van der Waals surface area contributed by atoms with E-state index in [9.17, 15) is 9.90 Å². The second-order valence-electron chi connectivity index (χ2n) is 8.14. The average molecular weight is 361 g/mol. The summed E-state index contributed by atoms with van der Waals surface area (Å²) in [5.41, 5.74) is 0. The minimum Gasteiger partial charge on any atom is -0.479 e. The highest BCUT2D eigenvalue weighted by Gasteiger charge is 2.52. The van der Waals surface area contributed by atoms with Crippen molar-refractivity contribution in [2.45, 2.75) is 83.0 Å². The van der Waals surface area contributed by atoms with E-state index < -0.39 is 44.5 Å². The Morgan fingerprint density at radius 3 is 2.25 bits per heavy atom. The predicted molar refractivity (Wildman–Crippen MR) is 94.5 cm³/mol. The van der Waals surface area contributed by atoms with Crippen molar-refractivity contribution < 1.29 is 28.5 Å². The summed E-state index contributed by atoms with van der Waals surface area (Å²) in [6, 6.07) is 0. The van der Waals surface area contributed by atoms with Crippen molar-refractivity contribution >= 4 is 14.3 Å². The molecule has 7 heteroatoms. The number of ether oxygens (including phenoxy) is 3. The Kier molecular flexibility index (Phi) is 6.44. The van der Waals surface area contributed by atoms with Gasteiger partial charge in [-0.05, 0) is 32.0 Å². The molecule has 0 bridgehead atoms. The molecule has 1 saturated heterocycles. The van der Waals surface area contributed by atoms with Crippen LogP contribution in [0.25, 0.3) is 0 Å². The average Bonchev–Trinajstić information content (AvgIpc) is 2.71. The van der Waals surface area contributed by atoms with Crippen molar-refractivity contribution in [3.63, 3.8) is 0 Å². The second-order valence-corrected chi connectivity index (χ2v) is 12.9. The number of rotatable bonds is 7. The Hall–Kier alpha value is -0.733. The lowest BCUT2D eigenvalue weighted by molar-refractivity contribution is -0.174. The molecule has 1 aliphatic heterocycles. The third kappa shape index (κ3) is 4.67. The van der Waals surface area contributed by atoms with Gasteiger partial charge in [0.15, 0.2) is 20.2 Å². The van der Waals surface area contributed by atoms with Crippen LogP contribution < -0.4 is 0 Å². The van der Waals surface area contributed by atoms with Gasteiger partial charge >= 0.3 is 5.97 Å². The minimum absolute atomic E-state index is 0.0826. The van der Waals surface area contributed by atoms with Crippen LogP contribution in [-0.4, -0.2) is 56.7 Å². The van der Waals surface area contributed by atoms with Gasteiger partial charge in [-0.1, -0.05) is 26.8 Å². The molecule has 0 aromatic rings. The van der Waals surface area contributed by atoms with Crippen LogP contribution in [0.1, 0.15) is 34.6 Å². The SMILES string of the molecule is C=C[C@H]1OC(C)(C)O[C@@H]1[C@@H](O[Si](C)(C)C(C)(C)C)[C@@H](OC)C(=O)O. The monoisotopic (exact) mass is 360 g/mol. The van der Waals surface area contributed by atoms with Gasteiger partial charge in [-0.3, -0.25) is 0 Å². The van der Waals surface area contributed by atoms with E-state index in [0.717, 1.165) is 0 Å². The molecule has 1 aliphatic rings. The maximum Gasteiger partial charge on any atom is 0.335 e. The van der Waals surface area contributed by atoms with Gasteiger partial charge in [0.2, 0.25) is 0 Å². The Morgan fingerprint density at radius 1 is 1.33 bits per heavy atom. The highest BCUT2D eigenvalue weighted by Crippen LogP contribution is 2.40. The molecule has 24 heavy (non-hydrogen) atoms. The van der Waals surface area contributed by atoms with Crippen molar-refractivity contribution in [2.75, 3.05) is 7.11 Å². The predicted octanol–water partition coefficient (Wildman–Crippen LogP) is 3.18. The molecule has 0 radical (unpaired) electrons. The van der Waals surface area contributed by atoms with Crippen LogP contribution >= 0.6 is 0 Å². The van der Waals surface area contributed by atoms with E-state index >= 15 is 0 Å². The van der Waals surface area contributed by atoms with Gasteiger partial charge in [-0.25, -0.2) is 4.79 Å². The molecule has 0 amide bonds. The topological polar surface area (TPSA) is 74.2 Å². The third-order valence-corrected chi connectivity index (χ3v) is 9.23. The van der Waals surface area contributed by atoms with Crippen LogP contribution in [0.4, 0.5) is 0 Å². The summed E-state index contributed by atoms with van der Waals surface area (Å²) in [5, 5.41) is 9.50.